The number of ether oxygens (including phenoxy) is 1. The molecule has 1 saturated heterocycles. The predicted molar refractivity (Wildman–Crippen MR) is 90.3 cm³/mol. The van der Waals surface area contributed by atoms with Crippen molar-refractivity contribution in [2.24, 2.45) is 11.8 Å². The number of rotatable bonds is 4. The Labute approximate surface area is 146 Å². The fourth-order valence-corrected chi connectivity index (χ4v) is 3.33. The first-order chi connectivity index (χ1) is 12.0. The summed E-state index contributed by atoms with van der Waals surface area (Å²) in [7, 11) is 0. The van der Waals surface area contributed by atoms with Crippen molar-refractivity contribution >= 4 is 23.5 Å². The van der Waals surface area contributed by atoms with Crippen LogP contribution in [0, 0.1) is 11.8 Å². The third-order valence-corrected chi connectivity index (χ3v) is 4.85. The molecule has 2 aliphatic rings. The number of hydrogen-bond acceptors (Lipinski definition) is 4. The Bertz CT molecular complexity index is 652. The van der Waals surface area contributed by atoms with Gasteiger partial charge in [0.25, 0.3) is 5.91 Å². The molecule has 0 aromatic heterocycles. The van der Waals surface area contributed by atoms with Crippen LogP contribution in [0.1, 0.15) is 29.6 Å². The van der Waals surface area contributed by atoms with Gasteiger partial charge in [0.05, 0.1) is 19.1 Å². The van der Waals surface area contributed by atoms with Gasteiger partial charge in [-0.2, -0.15) is 0 Å². The molecule has 1 aliphatic heterocycles. The third kappa shape index (κ3) is 4.17. The summed E-state index contributed by atoms with van der Waals surface area (Å²) in [6.45, 7) is 2.28. The Balaban J connectivity index is 1.56. The summed E-state index contributed by atoms with van der Waals surface area (Å²) in [5.41, 5.74) is 1.19. The van der Waals surface area contributed by atoms with Crippen LogP contribution in [0.2, 0.25) is 0 Å². The number of anilines is 1. The van der Waals surface area contributed by atoms with Gasteiger partial charge >= 0.3 is 5.97 Å². The van der Waals surface area contributed by atoms with Gasteiger partial charge in [0, 0.05) is 30.3 Å². The lowest BCUT2D eigenvalue weighted by atomic mass is 10.0. The lowest BCUT2D eigenvalue weighted by molar-refractivity contribution is -0.141. The number of carbonyl (C=O) groups excluding carboxylic acids is 2. The molecule has 7 heteroatoms. The molecule has 134 valence electrons. The fourth-order valence-electron chi connectivity index (χ4n) is 3.33. The van der Waals surface area contributed by atoms with Crippen molar-refractivity contribution in [3.05, 3.63) is 29.8 Å². The standard InChI is InChI=1S/C18H22N2O5/c21-16(13-1-2-14(11-13)18(23)24)19-15-5-3-12(4-6-15)17(22)20-7-9-25-10-8-20/h3-6,13-14H,1-2,7-11H2,(H,19,21)(H,23,24)/t13-,14+/m0/s1. The van der Waals surface area contributed by atoms with Gasteiger partial charge in [0.15, 0.2) is 0 Å². The van der Waals surface area contributed by atoms with Crippen LogP contribution in [-0.4, -0.2) is 54.1 Å². The highest BCUT2D eigenvalue weighted by atomic mass is 16.5. The van der Waals surface area contributed by atoms with Crippen molar-refractivity contribution in [3.63, 3.8) is 0 Å². The van der Waals surface area contributed by atoms with Crippen LogP contribution < -0.4 is 5.32 Å². The van der Waals surface area contributed by atoms with E-state index in [0.29, 0.717) is 56.8 Å². The fraction of sp³-hybridized carbons (Fsp3) is 0.500. The van der Waals surface area contributed by atoms with Crippen LogP contribution in [0.25, 0.3) is 0 Å². The smallest absolute Gasteiger partial charge is 0.306 e. The Morgan fingerprint density at radius 1 is 1.04 bits per heavy atom. The summed E-state index contributed by atoms with van der Waals surface area (Å²) in [5, 5.41) is 11.8. The number of carbonyl (C=O) groups is 3. The van der Waals surface area contributed by atoms with Gasteiger partial charge in [0.1, 0.15) is 0 Å². The molecule has 1 heterocycles. The van der Waals surface area contributed by atoms with Gasteiger partial charge in [-0.05, 0) is 43.5 Å². The van der Waals surface area contributed by atoms with Crippen LogP contribution in [-0.2, 0) is 14.3 Å². The topological polar surface area (TPSA) is 95.9 Å². The zero-order chi connectivity index (χ0) is 17.8. The molecule has 0 radical (unpaired) electrons. The molecule has 2 fully saturated rings. The molecule has 25 heavy (non-hydrogen) atoms. The number of nitrogens with zero attached hydrogens (tertiary/aromatic N) is 1. The minimum Gasteiger partial charge on any atom is -0.481 e. The number of hydrogen-bond donors (Lipinski definition) is 2. The van der Waals surface area contributed by atoms with E-state index in [4.69, 9.17) is 9.84 Å². The van der Waals surface area contributed by atoms with Gasteiger partial charge in [-0.15, -0.1) is 0 Å². The zero-order valence-corrected chi connectivity index (χ0v) is 13.9. The van der Waals surface area contributed by atoms with Gasteiger partial charge in [-0.25, -0.2) is 0 Å². The number of nitrogens with one attached hydrogen (secondary N) is 1. The van der Waals surface area contributed by atoms with E-state index in [1.54, 1.807) is 29.2 Å². The molecule has 1 aromatic rings. The van der Waals surface area contributed by atoms with E-state index in [1.807, 2.05) is 0 Å². The summed E-state index contributed by atoms with van der Waals surface area (Å²) in [6.07, 6.45) is 1.52. The van der Waals surface area contributed by atoms with E-state index in [-0.39, 0.29) is 17.7 Å². The summed E-state index contributed by atoms with van der Waals surface area (Å²) in [5.74, 6) is -1.72. The second-order valence-corrected chi connectivity index (χ2v) is 6.52. The molecule has 7 nitrogen and oxygen atoms in total. The van der Waals surface area contributed by atoms with Gasteiger partial charge in [-0.3, -0.25) is 14.4 Å². The summed E-state index contributed by atoms with van der Waals surface area (Å²) < 4.78 is 5.24. The van der Waals surface area contributed by atoms with Crippen molar-refractivity contribution in [3.8, 4) is 0 Å². The average molecular weight is 346 g/mol. The molecular weight excluding hydrogens is 324 g/mol. The molecule has 1 saturated carbocycles. The summed E-state index contributed by atoms with van der Waals surface area (Å²) in [4.78, 5) is 37.4. The highest BCUT2D eigenvalue weighted by molar-refractivity contribution is 5.96. The van der Waals surface area contributed by atoms with Crippen LogP contribution in [0.15, 0.2) is 24.3 Å². The Hall–Kier alpha value is -2.41. The SMILES string of the molecule is O=C(O)[C@@H]1CC[C@H](C(=O)Nc2ccc(C(=O)N3CCOCC3)cc2)C1. The number of benzene rings is 1. The molecule has 1 aliphatic carbocycles. The lowest BCUT2D eigenvalue weighted by Crippen LogP contribution is -2.40. The number of carboxylic acid groups (broad SMARTS) is 1. The molecule has 0 spiro atoms. The first-order valence-corrected chi connectivity index (χ1v) is 8.55. The van der Waals surface area contributed by atoms with Crippen molar-refractivity contribution in [1.82, 2.24) is 4.90 Å². The van der Waals surface area contributed by atoms with Crippen LogP contribution >= 0.6 is 0 Å². The van der Waals surface area contributed by atoms with E-state index >= 15 is 0 Å². The van der Waals surface area contributed by atoms with Crippen LogP contribution in [0.4, 0.5) is 5.69 Å². The summed E-state index contributed by atoms with van der Waals surface area (Å²) >= 11 is 0. The quantitative estimate of drug-likeness (QED) is 0.863. The maximum Gasteiger partial charge on any atom is 0.306 e. The first kappa shape index (κ1) is 17.4. The molecule has 2 amide bonds. The minimum atomic E-state index is -0.832. The Morgan fingerprint density at radius 3 is 2.28 bits per heavy atom. The molecule has 0 bridgehead atoms. The molecule has 1 aromatic carbocycles. The first-order valence-electron chi connectivity index (χ1n) is 8.55. The van der Waals surface area contributed by atoms with Crippen LogP contribution in [0.3, 0.4) is 0 Å². The van der Waals surface area contributed by atoms with E-state index in [1.165, 1.54) is 0 Å². The molecule has 2 N–H and O–H groups in total. The van der Waals surface area contributed by atoms with Gasteiger partial charge in [-0.1, -0.05) is 0 Å². The van der Waals surface area contributed by atoms with Crippen molar-refractivity contribution in [2.75, 3.05) is 31.6 Å². The third-order valence-electron chi connectivity index (χ3n) is 4.85. The van der Waals surface area contributed by atoms with E-state index in [9.17, 15) is 14.4 Å². The highest BCUT2D eigenvalue weighted by Gasteiger charge is 2.33. The number of aliphatic carboxylic acids is 1. The predicted octanol–water partition coefficient (Wildman–Crippen LogP) is 1.60. The van der Waals surface area contributed by atoms with Gasteiger partial charge in [0.2, 0.25) is 5.91 Å². The number of morpholine rings is 1. The van der Waals surface area contributed by atoms with Crippen molar-refractivity contribution < 1.29 is 24.2 Å². The second kappa shape index (κ2) is 7.65. The van der Waals surface area contributed by atoms with E-state index in [0.717, 1.165) is 0 Å². The maximum atomic E-state index is 12.4. The number of amides is 2. The second-order valence-electron chi connectivity index (χ2n) is 6.52. The maximum absolute atomic E-state index is 12.4. The number of carboxylic acids is 1. The highest BCUT2D eigenvalue weighted by Crippen LogP contribution is 2.31. The summed E-state index contributed by atoms with van der Waals surface area (Å²) in [6, 6.07) is 6.80. The lowest BCUT2D eigenvalue weighted by Gasteiger charge is -2.26. The normalized spacial score (nSPS) is 23.3. The van der Waals surface area contributed by atoms with Gasteiger partial charge < -0.3 is 20.1 Å². The van der Waals surface area contributed by atoms with Crippen molar-refractivity contribution in [1.29, 1.82) is 0 Å². The average Bonchev–Trinajstić information content (AvgIpc) is 3.13. The van der Waals surface area contributed by atoms with E-state index in [2.05, 4.69) is 5.32 Å². The Morgan fingerprint density at radius 2 is 1.68 bits per heavy atom. The minimum absolute atomic E-state index is 0.0405. The van der Waals surface area contributed by atoms with Crippen LogP contribution in [0.5, 0.6) is 0 Å². The molecule has 2 atom stereocenters. The van der Waals surface area contributed by atoms with E-state index < -0.39 is 11.9 Å². The monoisotopic (exact) mass is 346 g/mol. The Kier molecular flexibility index (Phi) is 5.33. The molecule has 0 unspecified atom stereocenters. The molecule has 3 rings (SSSR count). The largest absolute Gasteiger partial charge is 0.481 e. The molecular formula is C18H22N2O5. The zero-order valence-electron chi connectivity index (χ0n) is 13.9. The van der Waals surface area contributed by atoms with Crippen molar-refractivity contribution in [2.45, 2.75) is 19.3 Å².